The Balaban J connectivity index is 2.46. The molecule has 0 bridgehead atoms. The van der Waals surface area contributed by atoms with Crippen molar-refractivity contribution in [2.75, 3.05) is 23.7 Å². The van der Waals surface area contributed by atoms with Crippen LogP contribution in [0.3, 0.4) is 0 Å². The smallest absolute Gasteiger partial charge is 0.244 e. The number of unbranched alkanes of at least 4 members (excludes halogenated alkanes) is 1. The van der Waals surface area contributed by atoms with Crippen LogP contribution in [0, 0.1) is 13.8 Å². The van der Waals surface area contributed by atoms with Crippen LogP contribution in [0.4, 0.5) is 5.69 Å². The lowest BCUT2D eigenvalue weighted by Crippen LogP contribution is -2.52. The molecule has 2 aromatic rings. The van der Waals surface area contributed by atoms with Gasteiger partial charge in [0.25, 0.3) is 0 Å². The van der Waals surface area contributed by atoms with Gasteiger partial charge in [0.15, 0.2) is 0 Å². The average molecular weight is 522 g/mol. The van der Waals surface area contributed by atoms with Crippen molar-refractivity contribution in [3.05, 3.63) is 64.2 Å². The molecule has 0 aliphatic rings. The molecule has 0 aliphatic heterocycles. The molecule has 0 heterocycles. The number of rotatable bonds is 12. The number of carbonyl (C=O) groups excluding carboxylic acids is 2. The third-order valence-electron chi connectivity index (χ3n) is 6.00. The molecule has 1 atom stereocenters. The summed E-state index contributed by atoms with van der Waals surface area (Å²) in [5, 5.41) is 3.32. The van der Waals surface area contributed by atoms with Crippen molar-refractivity contribution in [1.82, 2.24) is 10.2 Å². The maximum absolute atomic E-state index is 13.7. The summed E-state index contributed by atoms with van der Waals surface area (Å²) in [6.45, 7) is 7.81. The minimum atomic E-state index is -3.81. The second kappa shape index (κ2) is 12.9. The van der Waals surface area contributed by atoms with E-state index in [1.807, 2.05) is 45.0 Å². The van der Waals surface area contributed by atoms with Crippen molar-refractivity contribution >= 4 is 39.1 Å². The summed E-state index contributed by atoms with van der Waals surface area (Å²) in [4.78, 5) is 28.3. The number of halogens is 1. The maximum atomic E-state index is 13.7. The van der Waals surface area contributed by atoms with Gasteiger partial charge in [-0.2, -0.15) is 0 Å². The van der Waals surface area contributed by atoms with Crippen LogP contribution in [0.25, 0.3) is 0 Å². The lowest BCUT2D eigenvalue weighted by atomic mass is 10.1. The predicted molar refractivity (Wildman–Crippen MR) is 142 cm³/mol. The molecule has 0 aromatic heterocycles. The number of nitrogens with zero attached hydrogens (tertiary/aromatic N) is 2. The Bertz CT molecular complexity index is 1140. The monoisotopic (exact) mass is 521 g/mol. The zero-order valence-corrected chi connectivity index (χ0v) is 22.7. The number of anilines is 1. The number of amides is 2. The summed E-state index contributed by atoms with van der Waals surface area (Å²) in [6.07, 6.45) is 3.22. The number of benzene rings is 2. The summed E-state index contributed by atoms with van der Waals surface area (Å²) in [7, 11) is -3.81. The molecule has 2 aromatic carbocycles. The zero-order valence-electron chi connectivity index (χ0n) is 21.2. The summed E-state index contributed by atoms with van der Waals surface area (Å²) < 4.78 is 26.6. The Hall–Kier alpha value is -2.58. The van der Waals surface area contributed by atoms with Gasteiger partial charge in [0.05, 0.1) is 11.9 Å². The fraction of sp³-hybridized carbons (Fsp3) is 0.462. The first-order chi connectivity index (χ1) is 16.5. The number of hydrogen-bond acceptors (Lipinski definition) is 4. The second-order valence-corrected chi connectivity index (χ2v) is 11.0. The third kappa shape index (κ3) is 7.70. The van der Waals surface area contributed by atoms with E-state index in [4.69, 9.17) is 11.6 Å². The van der Waals surface area contributed by atoms with Gasteiger partial charge in [-0.1, -0.05) is 62.2 Å². The molecule has 7 nitrogen and oxygen atoms in total. The highest BCUT2D eigenvalue weighted by Crippen LogP contribution is 2.28. The molecule has 9 heteroatoms. The van der Waals surface area contributed by atoms with Gasteiger partial charge in [-0.3, -0.25) is 13.9 Å². The zero-order chi connectivity index (χ0) is 26.2. The fourth-order valence-electron chi connectivity index (χ4n) is 3.86. The molecule has 0 saturated heterocycles. The molecule has 192 valence electrons. The van der Waals surface area contributed by atoms with Crippen LogP contribution in [0.1, 0.15) is 49.8 Å². The summed E-state index contributed by atoms with van der Waals surface area (Å²) in [5.41, 5.74) is 2.77. The number of sulfonamides is 1. The second-order valence-electron chi connectivity index (χ2n) is 8.67. The molecule has 1 N–H and O–H groups in total. The van der Waals surface area contributed by atoms with Gasteiger partial charge in [0, 0.05) is 18.1 Å². The Morgan fingerprint density at radius 2 is 1.74 bits per heavy atom. The van der Waals surface area contributed by atoms with E-state index in [9.17, 15) is 18.0 Å². The first-order valence-corrected chi connectivity index (χ1v) is 14.1. The predicted octanol–water partition coefficient (Wildman–Crippen LogP) is 4.45. The molecule has 0 saturated carbocycles. The van der Waals surface area contributed by atoms with Crippen molar-refractivity contribution in [1.29, 1.82) is 0 Å². The summed E-state index contributed by atoms with van der Waals surface area (Å²) >= 11 is 6.24. The van der Waals surface area contributed by atoms with E-state index in [1.54, 1.807) is 25.1 Å². The van der Waals surface area contributed by atoms with E-state index in [1.165, 1.54) is 4.90 Å². The average Bonchev–Trinajstić information content (AvgIpc) is 2.80. The first-order valence-electron chi connectivity index (χ1n) is 11.9. The van der Waals surface area contributed by atoms with E-state index in [-0.39, 0.29) is 12.5 Å². The van der Waals surface area contributed by atoms with Crippen LogP contribution in [0.2, 0.25) is 5.02 Å². The fourth-order valence-corrected chi connectivity index (χ4v) is 4.93. The number of carbonyl (C=O) groups is 2. The normalized spacial score (nSPS) is 12.2. The van der Waals surface area contributed by atoms with Crippen molar-refractivity contribution in [3.8, 4) is 0 Å². The van der Waals surface area contributed by atoms with Crippen LogP contribution < -0.4 is 9.62 Å². The van der Waals surface area contributed by atoms with Crippen molar-refractivity contribution in [3.63, 3.8) is 0 Å². The maximum Gasteiger partial charge on any atom is 0.244 e. The number of hydrogen-bond donors (Lipinski definition) is 1. The van der Waals surface area contributed by atoms with Crippen molar-refractivity contribution in [2.45, 2.75) is 59.5 Å². The van der Waals surface area contributed by atoms with E-state index < -0.39 is 28.5 Å². The highest BCUT2D eigenvalue weighted by molar-refractivity contribution is 7.92. The van der Waals surface area contributed by atoms with E-state index in [0.29, 0.717) is 29.2 Å². The molecule has 2 amide bonds. The largest absolute Gasteiger partial charge is 0.354 e. The van der Waals surface area contributed by atoms with Gasteiger partial charge in [-0.05, 0) is 55.5 Å². The SMILES string of the molecule is CCCCNC(=O)[C@@H](CC)N(Cc1ccccc1C)C(=O)CN(c1cccc(Cl)c1C)S(C)(=O)=O. The van der Waals surface area contributed by atoms with E-state index >= 15 is 0 Å². The van der Waals surface area contributed by atoms with Crippen LogP contribution in [0.15, 0.2) is 42.5 Å². The minimum Gasteiger partial charge on any atom is -0.354 e. The van der Waals surface area contributed by atoms with Gasteiger partial charge in [-0.15, -0.1) is 0 Å². The van der Waals surface area contributed by atoms with Crippen LogP contribution in [0.5, 0.6) is 0 Å². The molecular formula is C26H36ClN3O4S. The Morgan fingerprint density at radius 3 is 2.34 bits per heavy atom. The number of nitrogens with one attached hydrogen (secondary N) is 1. The van der Waals surface area contributed by atoms with Gasteiger partial charge >= 0.3 is 0 Å². The summed E-state index contributed by atoms with van der Waals surface area (Å²) in [6, 6.07) is 11.8. The standard InChI is InChI=1S/C26H36ClN3O4S/c1-6-8-16-28-26(32)23(7-2)29(17-21-13-10-9-12-19(21)3)25(31)18-30(35(5,33)34)24-15-11-14-22(27)20(24)4/h9-15,23H,6-8,16-18H2,1-5H3,(H,28,32)/t23-/m1/s1. The molecule has 2 rings (SSSR count). The lowest BCUT2D eigenvalue weighted by Gasteiger charge is -2.33. The van der Waals surface area contributed by atoms with Crippen molar-refractivity contribution < 1.29 is 18.0 Å². The van der Waals surface area contributed by atoms with Crippen LogP contribution in [-0.4, -0.2) is 50.5 Å². The van der Waals surface area contributed by atoms with Crippen LogP contribution in [-0.2, 0) is 26.2 Å². The van der Waals surface area contributed by atoms with E-state index in [2.05, 4.69) is 5.32 Å². The molecular weight excluding hydrogens is 486 g/mol. The van der Waals surface area contributed by atoms with Gasteiger partial charge in [0.2, 0.25) is 21.8 Å². The summed E-state index contributed by atoms with van der Waals surface area (Å²) in [5.74, 6) is -0.705. The van der Waals surface area contributed by atoms with Gasteiger partial charge < -0.3 is 10.2 Å². The highest BCUT2D eigenvalue weighted by Gasteiger charge is 2.32. The molecule has 0 radical (unpaired) electrons. The quantitative estimate of drug-likeness (QED) is 0.418. The molecule has 0 fully saturated rings. The molecule has 0 spiro atoms. The Kier molecular flexibility index (Phi) is 10.6. The molecule has 0 unspecified atom stereocenters. The molecule has 35 heavy (non-hydrogen) atoms. The minimum absolute atomic E-state index is 0.192. The van der Waals surface area contributed by atoms with Crippen molar-refractivity contribution in [2.24, 2.45) is 0 Å². The third-order valence-corrected chi connectivity index (χ3v) is 7.54. The lowest BCUT2D eigenvalue weighted by molar-refractivity contribution is -0.140. The van der Waals surface area contributed by atoms with Gasteiger partial charge in [0.1, 0.15) is 12.6 Å². The Labute approximate surface area is 214 Å². The molecule has 0 aliphatic carbocycles. The van der Waals surface area contributed by atoms with E-state index in [0.717, 1.165) is 34.5 Å². The first kappa shape index (κ1) is 28.7. The highest BCUT2D eigenvalue weighted by atomic mass is 35.5. The van der Waals surface area contributed by atoms with Crippen LogP contribution >= 0.6 is 11.6 Å². The number of aryl methyl sites for hydroxylation is 1. The van der Waals surface area contributed by atoms with Gasteiger partial charge in [-0.25, -0.2) is 8.42 Å². The Morgan fingerprint density at radius 1 is 1.06 bits per heavy atom. The topological polar surface area (TPSA) is 86.8 Å².